The number of aromatic carboxylic acids is 1. The maximum atomic E-state index is 12.2. The first kappa shape index (κ1) is 16.7. The molecule has 1 amide bonds. The van der Waals surface area contributed by atoms with E-state index < -0.39 is 30.7 Å². The van der Waals surface area contributed by atoms with Gasteiger partial charge < -0.3 is 30.3 Å². The molecule has 3 rings (SSSR count). The molecule has 2 aromatic rings. The van der Waals surface area contributed by atoms with Gasteiger partial charge in [0, 0.05) is 5.56 Å². The molecule has 1 aliphatic rings. The zero-order valence-electron chi connectivity index (χ0n) is 12.8. The van der Waals surface area contributed by atoms with Crippen molar-refractivity contribution in [2.75, 3.05) is 0 Å². The minimum Gasteiger partial charge on any atom is -0.534 e. The first-order chi connectivity index (χ1) is 11.9. The fraction of sp³-hybridized carbons (Fsp3) is 0.125. The van der Waals surface area contributed by atoms with E-state index in [0.29, 0.717) is 5.56 Å². The van der Waals surface area contributed by atoms with Crippen LogP contribution in [0.5, 0.6) is 17.2 Å². The fourth-order valence-corrected chi connectivity index (χ4v) is 2.63. The third-order valence-corrected chi connectivity index (χ3v) is 3.90. The maximum Gasteiger partial charge on any atom is 0.547 e. The summed E-state index contributed by atoms with van der Waals surface area (Å²) in [5.41, 5.74) is 0.571. The van der Waals surface area contributed by atoms with Gasteiger partial charge in [0.05, 0.1) is 11.5 Å². The van der Waals surface area contributed by atoms with Gasteiger partial charge in [-0.05, 0) is 36.2 Å². The molecule has 5 N–H and O–H groups in total. The standard InChI is InChI=1S/C16H14BNO7/c19-11-5-4-9(6-12(11)20)15(21)18-13-7-8-2-1-3-10(16(22)23)14(8)25-17(13)24/h1-6,13,19-20,24H,7H2,(H,18,21)(H,22,23). The molecule has 0 bridgehead atoms. The van der Waals surface area contributed by atoms with E-state index in [0.717, 1.165) is 6.07 Å². The largest absolute Gasteiger partial charge is 0.547 e. The van der Waals surface area contributed by atoms with Gasteiger partial charge in [-0.2, -0.15) is 0 Å². The van der Waals surface area contributed by atoms with Gasteiger partial charge in [-0.1, -0.05) is 12.1 Å². The normalized spacial score (nSPS) is 15.9. The van der Waals surface area contributed by atoms with Crippen LogP contribution in [0.3, 0.4) is 0 Å². The van der Waals surface area contributed by atoms with Crippen molar-refractivity contribution in [3.05, 3.63) is 53.1 Å². The molecule has 0 aliphatic carbocycles. The number of nitrogens with one attached hydrogen (secondary N) is 1. The monoisotopic (exact) mass is 343 g/mol. The van der Waals surface area contributed by atoms with Gasteiger partial charge in [0.25, 0.3) is 5.91 Å². The Labute approximate surface area is 142 Å². The summed E-state index contributed by atoms with van der Waals surface area (Å²) in [5.74, 6) is -3.28. The lowest BCUT2D eigenvalue weighted by atomic mass is 9.72. The van der Waals surface area contributed by atoms with Crippen LogP contribution in [0, 0.1) is 0 Å². The Morgan fingerprint density at radius 1 is 1.16 bits per heavy atom. The molecule has 128 valence electrons. The van der Waals surface area contributed by atoms with Crippen LogP contribution in [0.4, 0.5) is 0 Å². The number of aromatic hydroxyl groups is 2. The number of fused-ring (bicyclic) bond motifs is 1. The number of hydrogen-bond acceptors (Lipinski definition) is 6. The molecule has 0 fully saturated rings. The first-order valence-electron chi connectivity index (χ1n) is 7.39. The topological polar surface area (TPSA) is 136 Å². The summed E-state index contributed by atoms with van der Waals surface area (Å²) in [5, 5.41) is 40.6. The number of benzene rings is 2. The van der Waals surface area contributed by atoms with Crippen LogP contribution in [0.1, 0.15) is 26.3 Å². The Bertz CT molecular complexity index is 854. The SMILES string of the molecule is O=C(NC1Cc2cccc(C(=O)O)c2OB1O)c1ccc(O)c(O)c1. The molecular weight excluding hydrogens is 329 g/mol. The van der Waals surface area contributed by atoms with E-state index >= 15 is 0 Å². The predicted molar refractivity (Wildman–Crippen MR) is 86.7 cm³/mol. The quantitative estimate of drug-likeness (QED) is 0.405. The highest BCUT2D eigenvalue weighted by molar-refractivity contribution is 6.47. The van der Waals surface area contributed by atoms with E-state index in [1.165, 1.54) is 18.2 Å². The number of carboxylic acids is 1. The van der Waals surface area contributed by atoms with Crippen LogP contribution >= 0.6 is 0 Å². The van der Waals surface area contributed by atoms with Crippen LogP contribution in [0.15, 0.2) is 36.4 Å². The molecule has 2 aromatic carbocycles. The smallest absolute Gasteiger partial charge is 0.534 e. The van der Waals surface area contributed by atoms with Gasteiger partial charge in [-0.15, -0.1) is 0 Å². The van der Waals surface area contributed by atoms with E-state index in [1.807, 2.05) is 0 Å². The van der Waals surface area contributed by atoms with Crippen molar-refractivity contribution in [2.24, 2.45) is 0 Å². The second kappa shape index (κ2) is 6.37. The number of carbonyl (C=O) groups excluding carboxylic acids is 1. The predicted octanol–water partition coefficient (Wildman–Crippen LogP) is 0.549. The Hall–Kier alpha value is -3.20. The molecule has 25 heavy (non-hydrogen) atoms. The molecule has 0 saturated heterocycles. The van der Waals surface area contributed by atoms with Gasteiger partial charge in [0.1, 0.15) is 5.75 Å². The molecule has 8 nitrogen and oxygen atoms in total. The lowest BCUT2D eigenvalue weighted by molar-refractivity contribution is 0.0693. The van der Waals surface area contributed by atoms with Crippen molar-refractivity contribution in [3.8, 4) is 17.2 Å². The molecule has 1 aliphatic heterocycles. The van der Waals surface area contributed by atoms with Crippen LogP contribution in [0.25, 0.3) is 0 Å². The molecule has 9 heteroatoms. The second-order valence-electron chi connectivity index (χ2n) is 5.59. The Morgan fingerprint density at radius 3 is 2.60 bits per heavy atom. The van der Waals surface area contributed by atoms with Crippen LogP contribution in [-0.4, -0.2) is 45.3 Å². The summed E-state index contributed by atoms with van der Waals surface area (Å²) >= 11 is 0. The summed E-state index contributed by atoms with van der Waals surface area (Å²) in [6.07, 6.45) is 0.174. The minimum atomic E-state index is -1.43. The van der Waals surface area contributed by atoms with Crippen molar-refractivity contribution in [2.45, 2.75) is 12.4 Å². The van der Waals surface area contributed by atoms with Gasteiger partial charge in [-0.25, -0.2) is 4.79 Å². The van der Waals surface area contributed by atoms with Crippen molar-refractivity contribution in [3.63, 3.8) is 0 Å². The minimum absolute atomic E-state index is 0.0650. The van der Waals surface area contributed by atoms with E-state index in [9.17, 15) is 24.8 Å². The molecule has 0 saturated carbocycles. The average molecular weight is 343 g/mol. The number of carboxylic acid groups (broad SMARTS) is 1. The summed E-state index contributed by atoms with van der Waals surface area (Å²) in [7, 11) is -1.43. The van der Waals surface area contributed by atoms with Gasteiger partial charge in [0.2, 0.25) is 0 Å². The zero-order valence-corrected chi connectivity index (χ0v) is 12.8. The number of carbonyl (C=O) groups is 2. The Balaban J connectivity index is 1.80. The number of rotatable bonds is 3. The summed E-state index contributed by atoms with van der Waals surface area (Å²) < 4.78 is 5.29. The average Bonchev–Trinajstić information content (AvgIpc) is 2.57. The number of hydrogen-bond donors (Lipinski definition) is 5. The van der Waals surface area contributed by atoms with Gasteiger partial charge >= 0.3 is 13.1 Å². The van der Waals surface area contributed by atoms with E-state index in [-0.39, 0.29) is 29.0 Å². The molecule has 1 heterocycles. The van der Waals surface area contributed by atoms with Gasteiger partial charge in [-0.3, -0.25) is 4.79 Å². The highest BCUT2D eigenvalue weighted by Gasteiger charge is 2.37. The van der Waals surface area contributed by atoms with Crippen LogP contribution < -0.4 is 9.97 Å². The van der Waals surface area contributed by atoms with E-state index in [2.05, 4.69) is 5.32 Å². The number of para-hydroxylation sites is 1. The fourth-order valence-electron chi connectivity index (χ4n) is 2.63. The van der Waals surface area contributed by atoms with E-state index in [1.54, 1.807) is 12.1 Å². The molecule has 1 unspecified atom stereocenters. The molecule has 0 aromatic heterocycles. The third-order valence-electron chi connectivity index (χ3n) is 3.90. The lowest BCUT2D eigenvalue weighted by Crippen LogP contribution is -2.53. The number of phenols is 2. The molecule has 0 radical (unpaired) electrons. The van der Waals surface area contributed by atoms with Gasteiger partial charge in [0.15, 0.2) is 11.5 Å². The summed E-state index contributed by atoms with van der Waals surface area (Å²) in [6.45, 7) is 0. The molecule has 0 spiro atoms. The first-order valence-corrected chi connectivity index (χ1v) is 7.39. The van der Waals surface area contributed by atoms with Crippen LogP contribution in [-0.2, 0) is 6.42 Å². The lowest BCUT2D eigenvalue weighted by Gasteiger charge is -2.28. The van der Waals surface area contributed by atoms with E-state index in [4.69, 9.17) is 9.76 Å². The van der Waals surface area contributed by atoms with Crippen molar-refractivity contribution >= 4 is 19.0 Å². The molecule has 1 atom stereocenters. The second-order valence-corrected chi connectivity index (χ2v) is 5.59. The van der Waals surface area contributed by atoms with Crippen molar-refractivity contribution < 1.29 is 34.6 Å². The maximum absolute atomic E-state index is 12.2. The summed E-state index contributed by atoms with van der Waals surface area (Å²) in [6, 6.07) is 8.16. The highest BCUT2D eigenvalue weighted by Crippen LogP contribution is 2.30. The number of phenolic OH excluding ortho intramolecular Hbond substituents is 2. The zero-order chi connectivity index (χ0) is 18.1. The third kappa shape index (κ3) is 3.22. The Morgan fingerprint density at radius 2 is 1.92 bits per heavy atom. The summed E-state index contributed by atoms with van der Waals surface area (Å²) in [4.78, 5) is 23.5. The van der Waals surface area contributed by atoms with Crippen molar-refractivity contribution in [1.82, 2.24) is 5.32 Å². The Kier molecular flexibility index (Phi) is 4.24. The number of amides is 1. The van der Waals surface area contributed by atoms with Crippen molar-refractivity contribution in [1.29, 1.82) is 0 Å². The molecular formula is C16H14BNO7. The highest BCUT2D eigenvalue weighted by atomic mass is 16.5. The van der Waals surface area contributed by atoms with Crippen LogP contribution in [0.2, 0.25) is 0 Å².